The predicted molar refractivity (Wildman–Crippen MR) is 129 cm³/mol. The molecule has 2 fully saturated rings. The van der Waals surface area contributed by atoms with Crippen LogP contribution < -0.4 is 0 Å². The summed E-state index contributed by atoms with van der Waals surface area (Å²) in [7, 11) is 0. The number of ketones is 1. The van der Waals surface area contributed by atoms with Crippen LogP contribution in [0.4, 0.5) is 0 Å². The number of aromatic hydroxyl groups is 1. The van der Waals surface area contributed by atoms with E-state index < -0.39 is 0 Å². The number of Topliss-reactive ketones (excluding diaryl/α,β-unsaturated/α-hetero) is 1. The van der Waals surface area contributed by atoms with Crippen LogP contribution in [-0.4, -0.2) is 58.8 Å². The highest BCUT2D eigenvalue weighted by Crippen LogP contribution is 2.38. The normalized spacial score (nSPS) is 23.2. The second-order valence-electron chi connectivity index (χ2n) is 9.36. The largest absolute Gasteiger partial charge is 0.507 e. The van der Waals surface area contributed by atoms with E-state index in [0.29, 0.717) is 19.5 Å². The maximum atomic E-state index is 13.0. The Kier molecular flexibility index (Phi) is 5.90. The summed E-state index contributed by atoms with van der Waals surface area (Å²) in [4.78, 5) is 30.0. The molecule has 5 rings (SSSR count). The number of aryl methyl sites for hydroxylation is 1. The Morgan fingerprint density at radius 1 is 1.06 bits per heavy atom. The minimum atomic E-state index is -0.115. The molecule has 1 N–H and O–H groups in total. The molecular formula is C28H30N2O3. The zero-order chi connectivity index (χ0) is 22.9. The number of benzene rings is 2. The van der Waals surface area contributed by atoms with E-state index in [2.05, 4.69) is 11.0 Å². The zero-order valence-corrected chi connectivity index (χ0v) is 19.0. The van der Waals surface area contributed by atoms with Crippen molar-refractivity contribution in [2.24, 2.45) is 0 Å². The zero-order valence-electron chi connectivity index (χ0n) is 19.0. The van der Waals surface area contributed by atoms with Gasteiger partial charge in [-0.25, -0.2) is 0 Å². The average molecular weight is 443 g/mol. The molecular weight excluding hydrogens is 412 g/mol. The highest BCUT2D eigenvalue weighted by atomic mass is 16.3. The predicted octanol–water partition coefficient (Wildman–Crippen LogP) is 4.21. The van der Waals surface area contributed by atoms with Crippen molar-refractivity contribution in [3.05, 3.63) is 77.4 Å². The number of amides is 1. The number of nitrogens with zero attached hydrogens (tertiary/aromatic N) is 2. The molecule has 5 nitrogen and oxygen atoms in total. The molecule has 1 saturated carbocycles. The number of carbonyl (C=O) groups is 2. The fraction of sp³-hybridized carbons (Fsp3) is 0.357. The van der Waals surface area contributed by atoms with Crippen molar-refractivity contribution in [3.8, 4) is 16.9 Å². The standard InChI is InChI=1S/C28H30N2O3/c1-19-6-4-11-25(31)27(19)22-10-5-9-21(16-22)24-17-23(18-26(24)32)29-12-14-30(15-13-29)28(33)20-7-2-3-8-20/h2-7,9-11,16,23-24,31H,8,12-15,17-18H2,1H3. The molecule has 2 atom stereocenters. The van der Waals surface area contributed by atoms with Crippen LogP contribution >= 0.6 is 0 Å². The second kappa shape index (κ2) is 8.99. The van der Waals surface area contributed by atoms with Crippen LogP contribution in [0.1, 0.15) is 36.3 Å². The van der Waals surface area contributed by atoms with Crippen molar-refractivity contribution in [2.45, 2.75) is 38.1 Å². The lowest BCUT2D eigenvalue weighted by molar-refractivity contribution is -0.129. The summed E-state index contributed by atoms with van der Waals surface area (Å²) in [5.74, 6) is 0.581. The first-order valence-corrected chi connectivity index (χ1v) is 11.8. The molecule has 0 spiro atoms. The van der Waals surface area contributed by atoms with Crippen molar-refractivity contribution in [1.82, 2.24) is 9.80 Å². The van der Waals surface area contributed by atoms with E-state index in [1.807, 2.05) is 60.4 Å². The van der Waals surface area contributed by atoms with E-state index in [1.54, 1.807) is 6.07 Å². The molecule has 3 aliphatic rings. The minimum absolute atomic E-state index is 0.115. The van der Waals surface area contributed by atoms with Gasteiger partial charge in [-0.2, -0.15) is 0 Å². The Morgan fingerprint density at radius 2 is 1.85 bits per heavy atom. The molecule has 2 unspecified atom stereocenters. The lowest BCUT2D eigenvalue weighted by Gasteiger charge is -2.38. The van der Waals surface area contributed by atoms with Crippen molar-refractivity contribution in [2.75, 3.05) is 26.2 Å². The van der Waals surface area contributed by atoms with Gasteiger partial charge in [0.15, 0.2) is 0 Å². The van der Waals surface area contributed by atoms with Crippen LogP contribution in [0.5, 0.6) is 5.75 Å². The maximum Gasteiger partial charge on any atom is 0.250 e. The number of rotatable bonds is 4. The van der Waals surface area contributed by atoms with Gasteiger partial charge in [0.25, 0.3) is 0 Å². The Morgan fingerprint density at radius 3 is 2.58 bits per heavy atom. The molecule has 1 heterocycles. The van der Waals surface area contributed by atoms with E-state index in [-0.39, 0.29) is 29.4 Å². The van der Waals surface area contributed by atoms with Gasteiger partial charge in [0.2, 0.25) is 5.91 Å². The Balaban J connectivity index is 1.26. The minimum Gasteiger partial charge on any atom is -0.507 e. The maximum absolute atomic E-state index is 13.0. The quantitative estimate of drug-likeness (QED) is 0.771. The first-order valence-electron chi connectivity index (χ1n) is 11.8. The van der Waals surface area contributed by atoms with Crippen LogP contribution in [0.3, 0.4) is 0 Å². The van der Waals surface area contributed by atoms with Gasteiger partial charge in [-0.05, 0) is 42.5 Å². The fourth-order valence-electron chi connectivity index (χ4n) is 5.50. The summed E-state index contributed by atoms with van der Waals surface area (Å²) in [6, 6.07) is 13.8. The fourth-order valence-corrected chi connectivity index (χ4v) is 5.50. The first kappa shape index (κ1) is 21.7. The molecule has 2 aliphatic carbocycles. The van der Waals surface area contributed by atoms with Gasteiger partial charge in [-0.15, -0.1) is 0 Å². The molecule has 0 aromatic heterocycles. The van der Waals surface area contributed by atoms with E-state index in [9.17, 15) is 14.7 Å². The van der Waals surface area contributed by atoms with Crippen LogP contribution in [-0.2, 0) is 9.59 Å². The molecule has 0 radical (unpaired) electrons. The van der Waals surface area contributed by atoms with Gasteiger partial charge in [-0.1, -0.05) is 54.6 Å². The van der Waals surface area contributed by atoms with Gasteiger partial charge < -0.3 is 10.0 Å². The number of allylic oxidation sites excluding steroid dienone is 3. The van der Waals surface area contributed by atoms with Gasteiger partial charge in [0, 0.05) is 55.7 Å². The third-order valence-electron chi connectivity index (χ3n) is 7.33. The number of phenolic OH excluding ortho intramolecular Hbond substituents is 1. The smallest absolute Gasteiger partial charge is 0.250 e. The number of carbonyl (C=O) groups excluding carboxylic acids is 2. The van der Waals surface area contributed by atoms with Crippen LogP contribution in [0.2, 0.25) is 0 Å². The summed E-state index contributed by atoms with van der Waals surface area (Å²) in [6.07, 6.45) is 7.99. The second-order valence-corrected chi connectivity index (χ2v) is 9.36. The van der Waals surface area contributed by atoms with E-state index in [1.165, 1.54) is 0 Å². The lowest BCUT2D eigenvalue weighted by Crippen LogP contribution is -2.51. The van der Waals surface area contributed by atoms with Gasteiger partial charge in [-0.3, -0.25) is 14.5 Å². The average Bonchev–Trinajstić information content (AvgIpc) is 3.49. The molecule has 2 aromatic rings. The number of hydrogen-bond donors (Lipinski definition) is 1. The summed E-state index contributed by atoms with van der Waals surface area (Å²) < 4.78 is 0. The molecule has 170 valence electrons. The molecule has 0 bridgehead atoms. The van der Waals surface area contributed by atoms with Crippen LogP contribution in [0.15, 0.2) is 66.3 Å². The molecule has 5 heteroatoms. The monoisotopic (exact) mass is 442 g/mol. The number of piperazine rings is 1. The van der Waals surface area contributed by atoms with Crippen LogP contribution in [0.25, 0.3) is 11.1 Å². The van der Waals surface area contributed by atoms with Crippen LogP contribution in [0, 0.1) is 6.92 Å². The molecule has 33 heavy (non-hydrogen) atoms. The Hall–Kier alpha value is -3.18. The molecule has 1 aliphatic heterocycles. The third-order valence-corrected chi connectivity index (χ3v) is 7.33. The summed E-state index contributed by atoms with van der Waals surface area (Å²) >= 11 is 0. The van der Waals surface area contributed by atoms with Crippen molar-refractivity contribution >= 4 is 11.7 Å². The topological polar surface area (TPSA) is 60.9 Å². The van der Waals surface area contributed by atoms with E-state index in [4.69, 9.17) is 0 Å². The van der Waals surface area contributed by atoms with Crippen molar-refractivity contribution in [3.63, 3.8) is 0 Å². The molecule has 1 saturated heterocycles. The van der Waals surface area contributed by atoms with Crippen molar-refractivity contribution < 1.29 is 14.7 Å². The van der Waals surface area contributed by atoms with E-state index >= 15 is 0 Å². The third kappa shape index (κ3) is 4.25. The Labute approximate surface area is 195 Å². The highest BCUT2D eigenvalue weighted by molar-refractivity contribution is 5.94. The molecule has 1 amide bonds. The Bertz CT molecular complexity index is 1120. The summed E-state index contributed by atoms with van der Waals surface area (Å²) in [5, 5.41) is 10.4. The summed E-state index contributed by atoms with van der Waals surface area (Å²) in [5.41, 5.74) is 4.69. The number of phenols is 1. The number of hydrogen-bond acceptors (Lipinski definition) is 4. The first-order chi connectivity index (χ1) is 16.0. The van der Waals surface area contributed by atoms with Gasteiger partial charge in [0.05, 0.1) is 0 Å². The molecule has 2 aromatic carbocycles. The summed E-state index contributed by atoms with van der Waals surface area (Å²) in [6.45, 7) is 5.05. The lowest BCUT2D eigenvalue weighted by atomic mass is 9.91. The van der Waals surface area contributed by atoms with Crippen molar-refractivity contribution in [1.29, 1.82) is 0 Å². The SMILES string of the molecule is Cc1cccc(O)c1-c1cccc(C2CC(N3CCN(C(=O)C4=CC=CC4)CC3)CC2=O)c1. The highest BCUT2D eigenvalue weighted by Gasteiger charge is 2.38. The van der Waals surface area contributed by atoms with E-state index in [0.717, 1.165) is 53.8 Å². The van der Waals surface area contributed by atoms with Gasteiger partial charge in [0.1, 0.15) is 11.5 Å². The van der Waals surface area contributed by atoms with Gasteiger partial charge >= 0.3 is 0 Å².